The van der Waals surface area contributed by atoms with Gasteiger partial charge in [0, 0.05) is 20.1 Å². The zero-order chi connectivity index (χ0) is 12.8. The summed E-state index contributed by atoms with van der Waals surface area (Å²) in [5, 5.41) is 3.35. The quantitative estimate of drug-likeness (QED) is 0.794. The Balaban J connectivity index is 2.42. The summed E-state index contributed by atoms with van der Waals surface area (Å²) in [6.07, 6.45) is 1.74. The van der Waals surface area contributed by atoms with E-state index in [4.69, 9.17) is 4.42 Å². The first-order chi connectivity index (χ1) is 7.99. The monoisotopic (exact) mass is 239 g/mol. The Morgan fingerprint density at radius 2 is 2.00 bits per heavy atom. The Bertz CT molecular complexity index is 320. The first-order valence-corrected chi connectivity index (χ1v) is 6.35. The fourth-order valence-corrected chi connectivity index (χ4v) is 1.67. The summed E-state index contributed by atoms with van der Waals surface area (Å²) in [5.74, 6) is 1.26. The number of nitrogens with one attached hydrogen (secondary N) is 1. The molecule has 1 N–H and O–H groups in total. The largest absolute Gasteiger partial charge is 0.432 e. The van der Waals surface area contributed by atoms with Gasteiger partial charge in [-0.15, -0.1) is 0 Å². The van der Waals surface area contributed by atoms with Gasteiger partial charge in [-0.05, 0) is 18.4 Å². The van der Waals surface area contributed by atoms with Gasteiger partial charge < -0.3 is 14.6 Å². The summed E-state index contributed by atoms with van der Waals surface area (Å²) in [6.45, 7) is 11.5. The van der Waals surface area contributed by atoms with Crippen LogP contribution in [0.15, 0.2) is 10.7 Å². The van der Waals surface area contributed by atoms with Crippen molar-refractivity contribution in [2.45, 2.75) is 34.2 Å². The number of aromatic nitrogens is 1. The number of nitrogens with zero attached hydrogens (tertiary/aromatic N) is 2. The molecular weight excluding hydrogens is 214 g/mol. The van der Waals surface area contributed by atoms with Crippen molar-refractivity contribution in [1.82, 2.24) is 10.3 Å². The lowest BCUT2D eigenvalue weighted by Gasteiger charge is -2.16. The van der Waals surface area contributed by atoms with Gasteiger partial charge in [0.05, 0.1) is 5.69 Å². The molecule has 0 atom stereocenters. The molecule has 0 unspecified atom stereocenters. The highest BCUT2D eigenvalue weighted by Crippen LogP contribution is 2.13. The van der Waals surface area contributed by atoms with Gasteiger partial charge in [-0.1, -0.05) is 27.7 Å². The van der Waals surface area contributed by atoms with Gasteiger partial charge in [-0.25, -0.2) is 0 Å². The summed E-state index contributed by atoms with van der Waals surface area (Å²) in [7, 11) is 2.01. The topological polar surface area (TPSA) is 41.3 Å². The Labute approximate surface area is 104 Å². The number of anilines is 1. The van der Waals surface area contributed by atoms with E-state index in [1.165, 1.54) is 0 Å². The highest BCUT2D eigenvalue weighted by molar-refractivity contribution is 5.25. The molecule has 0 aliphatic heterocycles. The van der Waals surface area contributed by atoms with E-state index >= 15 is 0 Å². The van der Waals surface area contributed by atoms with Crippen molar-refractivity contribution in [2.75, 3.05) is 25.0 Å². The molecule has 1 aromatic heterocycles. The minimum atomic E-state index is 0.606. The summed E-state index contributed by atoms with van der Waals surface area (Å²) in [6, 6.07) is 0.708. The predicted molar refractivity (Wildman–Crippen MR) is 71.2 cm³/mol. The number of hydrogen-bond acceptors (Lipinski definition) is 4. The maximum absolute atomic E-state index is 5.46. The van der Waals surface area contributed by atoms with Crippen LogP contribution in [-0.4, -0.2) is 25.1 Å². The fourth-order valence-electron chi connectivity index (χ4n) is 1.67. The molecule has 1 heterocycles. The standard InChI is InChI=1S/C13H25N3O/c1-10(2)6-14-7-12-9-17-13(15-12)16(5)8-11(3)4/h9-11,14H,6-8H2,1-5H3. The number of rotatable bonds is 7. The van der Waals surface area contributed by atoms with Crippen LogP contribution in [0.5, 0.6) is 0 Å². The summed E-state index contributed by atoms with van der Waals surface area (Å²) >= 11 is 0. The summed E-state index contributed by atoms with van der Waals surface area (Å²) in [5.41, 5.74) is 0.969. The Kier molecular flexibility index (Phi) is 5.48. The third kappa shape index (κ3) is 5.22. The normalized spacial score (nSPS) is 11.5. The maximum atomic E-state index is 5.46. The minimum Gasteiger partial charge on any atom is -0.432 e. The van der Waals surface area contributed by atoms with Gasteiger partial charge >= 0.3 is 0 Å². The van der Waals surface area contributed by atoms with Crippen molar-refractivity contribution in [3.63, 3.8) is 0 Å². The molecule has 4 nitrogen and oxygen atoms in total. The van der Waals surface area contributed by atoms with Gasteiger partial charge in [-0.2, -0.15) is 4.98 Å². The third-order valence-electron chi connectivity index (χ3n) is 2.36. The van der Waals surface area contributed by atoms with E-state index in [1.807, 2.05) is 7.05 Å². The van der Waals surface area contributed by atoms with Gasteiger partial charge in [0.15, 0.2) is 0 Å². The molecule has 0 bridgehead atoms. The second-order valence-electron chi connectivity index (χ2n) is 5.42. The van der Waals surface area contributed by atoms with Crippen LogP contribution in [0.25, 0.3) is 0 Å². The maximum Gasteiger partial charge on any atom is 0.297 e. The van der Waals surface area contributed by atoms with Crippen molar-refractivity contribution >= 4 is 6.01 Å². The average Bonchev–Trinajstić information content (AvgIpc) is 2.64. The molecule has 4 heteroatoms. The van der Waals surface area contributed by atoms with E-state index in [2.05, 4.69) is 42.9 Å². The van der Waals surface area contributed by atoms with Crippen LogP contribution in [-0.2, 0) is 6.54 Å². The average molecular weight is 239 g/mol. The van der Waals surface area contributed by atoms with Crippen LogP contribution in [0.4, 0.5) is 6.01 Å². The second-order valence-corrected chi connectivity index (χ2v) is 5.42. The zero-order valence-electron chi connectivity index (χ0n) is 11.7. The van der Waals surface area contributed by atoms with Crippen LogP contribution in [0.2, 0.25) is 0 Å². The van der Waals surface area contributed by atoms with Crippen molar-refractivity contribution in [2.24, 2.45) is 11.8 Å². The number of oxazole rings is 1. The molecule has 0 radical (unpaired) electrons. The predicted octanol–water partition coefficient (Wildman–Crippen LogP) is 2.51. The SMILES string of the molecule is CC(C)CNCc1coc(N(C)CC(C)C)n1. The molecule has 0 saturated heterocycles. The molecule has 0 aliphatic carbocycles. The van der Waals surface area contributed by atoms with E-state index in [1.54, 1.807) is 6.26 Å². The lowest BCUT2D eigenvalue weighted by molar-refractivity contribution is 0.521. The van der Waals surface area contributed by atoms with E-state index in [0.29, 0.717) is 17.9 Å². The fraction of sp³-hybridized carbons (Fsp3) is 0.769. The van der Waals surface area contributed by atoms with Crippen molar-refractivity contribution in [3.8, 4) is 0 Å². The lowest BCUT2D eigenvalue weighted by atomic mass is 10.2. The first-order valence-electron chi connectivity index (χ1n) is 6.35. The van der Waals surface area contributed by atoms with Gasteiger partial charge in [0.1, 0.15) is 6.26 Å². The first kappa shape index (κ1) is 14.0. The third-order valence-corrected chi connectivity index (χ3v) is 2.36. The van der Waals surface area contributed by atoms with Gasteiger partial charge in [0.2, 0.25) is 0 Å². The highest BCUT2D eigenvalue weighted by Gasteiger charge is 2.10. The zero-order valence-corrected chi connectivity index (χ0v) is 11.7. The van der Waals surface area contributed by atoms with E-state index in [-0.39, 0.29) is 0 Å². The molecule has 1 rings (SSSR count). The molecule has 1 aromatic rings. The van der Waals surface area contributed by atoms with Gasteiger partial charge in [0.25, 0.3) is 6.01 Å². The Morgan fingerprint density at radius 3 is 2.59 bits per heavy atom. The molecule has 0 aromatic carbocycles. The van der Waals surface area contributed by atoms with Crippen molar-refractivity contribution in [3.05, 3.63) is 12.0 Å². The molecule has 0 aliphatic rings. The summed E-state index contributed by atoms with van der Waals surface area (Å²) in [4.78, 5) is 6.51. The molecular formula is C13H25N3O. The number of hydrogen-bond donors (Lipinski definition) is 1. The lowest BCUT2D eigenvalue weighted by Crippen LogP contribution is -2.23. The van der Waals surface area contributed by atoms with Gasteiger partial charge in [-0.3, -0.25) is 0 Å². The molecule has 0 saturated carbocycles. The molecule has 0 amide bonds. The van der Waals surface area contributed by atoms with Crippen LogP contribution in [0, 0.1) is 11.8 Å². The molecule has 0 fully saturated rings. The molecule has 98 valence electrons. The van der Waals surface area contributed by atoms with Crippen LogP contribution < -0.4 is 10.2 Å². The van der Waals surface area contributed by atoms with E-state index in [0.717, 1.165) is 25.3 Å². The Hall–Kier alpha value is -1.03. The molecule has 0 spiro atoms. The van der Waals surface area contributed by atoms with Crippen molar-refractivity contribution in [1.29, 1.82) is 0 Å². The van der Waals surface area contributed by atoms with Crippen LogP contribution >= 0.6 is 0 Å². The minimum absolute atomic E-state index is 0.606. The van der Waals surface area contributed by atoms with Crippen LogP contribution in [0.1, 0.15) is 33.4 Å². The van der Waals surface area contributed by atoms with Crippen LogP contribution in [0.3, 0.4) is 0 Å². The highest BCUT2D eigenvalue weighted by atomic mass is 16.4. The summed E-state index contributed by atoms with van der Waals surface area (Å²) < 4.78 is 5.46. The van der Waals surface area contributed by atoms with E-state index < -0.39 is 0 Å². The smallest absolute Gasteiger partial charge is 0.297 e. The van der Waals surface area contributed by atoms with E-state index in [9.17, 15) is 0 Å². The Morgan fingerprint density at radius 1 is 1.29 bits per heavy atom. The molecule has 17 heavy (non-hydrogen) atoms. The second kappa shape index (κ2) is 6.64. The van der Waals surface area contributed by atoms with Crippen molar-refractivity contribution < 1.29 is 4.42 Å².